The molecule has 2 aromatic carbocycles. The molecule has 4 nitrogen and oxygen atoms in total. The average Bonchev–Trinajstić information content (AvgIpc) is 2.54. The van der Waals surface area contributed by atoms with Gasteiger partial charge in [-0.1, -0.05) is 18.2 Å². The second kappa shape index (κ2) is 6.82. The van der Waals surface area contributed by atoms with E-state index < -0.39 is 0 Å². The third-order valence-electron chi connectivity index (χ3n) is 2.96. The number of carbonyl (C=O) groups excluding carboxylic acids is 1. The lowest BCUT2D eigenvalue weighted by Crippen LogP contribution is -2.14. The summed E-state index contributed by atoms with van der Waals surface area (Å²) in [7, 11) is 1.50. The van der Waals surface area contributed by atoms with E-state index in [1.807, 2.05) is 24.5 Å². The van der Waals surface area contributed by atoms with Gasteiger partial charge in [0.1, 0.15) is 17.5 Å². The van der Waals surface area contributed by atoms with Crippen LogP contribution in [0.15, 0.2) is 47.4 Å². The summed E-state index contributed by atoms with van der Waals surface area (Å²) in [6.07, 6.45) is 1.91. The van der Waals surface area contributed by atoms with Crippen molar-refractivity contribution in [3.8, 4) is 11.8 Å². The predicted octanol–water partition coefficient (Wildman–Crippen LogP) is 3.54. The zero-order valence-corrected chi connectivity index (χ0v) is 12.5. The molecule has 0 fully saturated rings. The van der Waals surface area contributed by atoms with E-state index in [1.165, 1.54) is 18.9 Å². The monoisotopic (exact) mass is 298 g/mol. The Hall–Kier alpha value is -2.45. The molecule has 2 aromatic rings. The Labute approximate surface area is 127 Å². The van der Waals surface area contributed by atoms with Crippen LogP contribution in [-0.4, -0.2) is 19.3 Å². The van der Waals surface area contributed by atoms with Crippen molar-refractivity contribution in [1.29, 1.82) is 5.26 Å². The van der Waals surface area contributed by atoms with Crippen molar-refractivity contribution in [2.75, 3.05) is 18.7 Å². The highest BCUT2D eigenvalue weighted by atomic mass is 32.2. The first-order valence-electron chi connectivity index (χ1n) is 6.22. The molecule has 0 bridgehead atoms. The smallest absolute Gasteiger partial charge is 0.256 e. The molecule has 0 saturated carbocycles. The first kappa shape index (κ1) is 14.9. The largest absolute Gasteiger partial charge is 0.495 e. The Morgan fingerprint density at radius 1 is 1.24 bits per heavy atom. The minimum absolute atomic E-state index is 0.263. The van der Waals surface area contributed by atoms with Crippen molar-refractivity contribution >= 4 is 23.4 Å². The summed E-state index contributed by atoms with van der Waals surface area (Å²) in [6.45, 7) is 0. The molecule has 0 aromatic heterocycles. The maximum absolute atomic E-state index is 12.4. The van der Waals surface area contributed by atoms with Crippen molar-refractivity contribution in [2.24, 2.45) is 0 Å². The highest BCUT2D eigenvalue weighted by Gasteiger charge is 2.15. The van der Waals surface area contributed by atoms with Gasteiger partial charge in [0, 0.05) is 4.90 Å². The highest BCUT2D eigenvalue weighted by Crippen LogP contribution is 2.29. The third kappa shape index (κ3) is 3.18. The number of para-hydroxylation sites is 1. The van der Waals surface area contributed by atoms with Crippen LogP contribution >= 0.6 is 11.8 Å². The molecule has 106 valence electrons. The Kier molecular flexibility index (Phi) is 4.85. The van der Waals surface area contributed by atoms with Gasteiger partial charge in [-0.2, -0.15) is 5.26 Å². The number of nitrogens with zero attached hydrogens (tertiary/aromatic N) is 1. The maximum Gasteiger partial charge on any atom is 0.256 e. The number of amides is 1. The number of benzene rings is 2. The summed E-state index contributed by atoms with van der Waals surface area (Å²) in [4.78, 5) is 13.3. The molecular weight excluding hydrogens is 284 g/mol. The molecule has 0 radical (unpaired) electrons. The lowest BCUT2D eigenvalue weighted by atomic mass is 10.1. The number of rotatable bonds is 4. The fraction of sp³-hybridized carbons (Fsp3) is 0.125. The van der Waals surface area contributed by atoms with E-state index in [1.54, 1.807) is 24.3 Å². The van der Waals surface area contributed by atoms with Gasteiger partial charge >= 0.3 is 0 Å². The van der Waals surface area contributed by atoms with E-state index in [-0.39, 0.29) is 5.91 Å². The number of methoxy groups -OCH3 is 1. The first-order chi connectivity index (χ1) is 10.2. The fourth-order valence-electron chi connectivity index (χ4n) is 1.94. The summed E-state index contributed by atoms with van der Waals surface area (Å²) in [5.74, 6) is 0.199. The van der Waals surface area contributed by atoms with Gasteiger partial charge in [-0.25, -0.2) is 0 Å². The molecule has 1 amide bonds. The van der Waals surface area contributed by atoms with Crippen molar-refractivity contribution in [1.82, 2.24) is 0 Å². The van der Waals surface area contributed by atoms with Gasteiger partial charge in [-0.05, 0) is 30.5 Å². The highest BCUT2D eigenvalue weighted by molar-refractivity contribution is 7.98. The molecule has 5 heteroatoms. The number of thioether (sulfide) groups is 1. The lowest BCUT2D eigenvalue weighted by molar-refractivity contribution is 0.102. The van der Waals surface area contributed by atoms with E-state index in [9.17, 15) is 4.79 Å². The molecular formula is C16H14N2O2S. The average molecular weight is 298 g/mol. The van der Waals surface area contributed by atoms with Crippen LogP contribution in [0.3, 0.4) is 0 Å². The number of nitrogens with one attached hydrogen (secondary N) is 1. The maximum atomic E-state index is 12.4. The molecule has 0 atom stereocenters. The molecule has 0 heterocycles. The van der Waals surface area contributed by atoms with Crippen LogP contribution in [0.4, 0.5) is 5.69 Å². The molecule has 21 heavy (non-hydrogen) atoms. The van der Waals surface area contributed by atoms with Gasteiger partial charge in [-0.3, -0.25) is 4.79 Å². The van der Waals surface area contributed by atoms with Gasteiger partial charge in [0.15, 0.2) is 0 Å². The van der Waals surface area contributed by atoms with Crippen LogP contribution in [0.2, 0.25) is 0 Å². The molecule has 2 rings (SSSR count). The zero-order chi connectivity index (χ0) is 15.2. The third-order valence-corrected chi connectivity index (χ3v) is 3.75. The van der Waals surface area contributed by atoms with E-state index in [4.69, 9.17) is 10.00 Å². The minimum atomic E-state index is -0.263. The van der Waals surface area contributed by atoms with Gasteiger partial charge in [0.2, 0.25) is 0 Å². The van der Waals surface area contributed by atoms with Crippen LogP contribution in [0.25, 0.3) is 0 Å². The summed E-state index contributed by atoms with van der Waals surface area (Å²) >= 11 is 1.50. The molecule has 0 aliphatic carbocycles. The number of hydrogen-bond acceptors (Lipinski definition) is 4. The Morgan fingerprint density at radius 2 is 2.00 bits per heavy atom. The summed E-state index contributed by atoms with van der Waals surface area (Å²) in [5.41, 5.74) is 1.33. The van der Waals surface area contributed by atoms with Crippen LogP contribution in [0.5, 0.6) is 5.75 Å². The van der Waals surface area contributed by atoms with Crippen molar-refractivity contribution < 1.29 is 9.53 Å². The minimum Gasteiger partial charge on any atom is -0.495 e. The van der Waals surface area contributed by atoms with E-state index in [2.05, 4.69) is 11.4 Å². The topological polar surface area (TPSA) is 62.1 Å². The summed E-state index contributed by atoms with van der Waals surface area (Å²) in [5, 5.41) is 11.9. The predicted molar refractivity (Wildman–Crippen MR) is 83.9 cm³/mol. The van der Waals surface area contributed by atoms with Crippen molar-refractivity contribution in [3.63, 3.8) is 0 Å². The van der Waals surface area contributed by atoms with Gasteiger partial charge in [-0.15, -0.1) is 11.8 Å². The second-order valence-corrected chi connectivity index (χ2v) is 5.00. The molecule has 0 saturated heterocycles. The molecule has 0 aliphatic rings. The van der Waals surface area contributed by atoms with Crippen molar-refractivity contribution in [2.45, 2.75) is 4.90 Å². The fourth-order valence-corrected chi connectivity index (χ4v) is 2.53. The molecule has 0 spiro atoms. The van der Waals surface area contributed by atoms with Crippen LogP contribution < -0.4 is 10.1 Å². The summed E-state index contributed by atoms with van der Waals surface area (Å²) < 4.78 is 5.21. The number of anilines is 1. The number of ether oxygens (including phenoxy) is 1. The molecule has 1 N–H and O–H groups in total. The molecule has 0 unspecified atom stereocenters. The number of carbonyl (C=O) groups is 1. The Bertz CT molecular complexity index is 708. The van der Waals surface area contributed by atoms with Gasteiger partial charge in [0.05, 0.1) is 18.2 Å². The summed E-state index contributed by atoms with van der Waals surface area (Å²) in [6, 6.07) is 14.4. The van der Waals surface area contributed by atoms with Gasteiger partial charge < -0.3 is 10.1 Å². The van der Waals surface area contributed by atoms with Crippen LogP contribution in [0, 0.1) is 11.3 Å². The van der Waals surface area contributed by atoms with Gasteiger partial charge in [0.25, 0.3) is 5.91 Å². The number of hydrogen-bond donors (Lipinski definition) is 1. The SMILES string of the molecule is COc1cccc(C#N)c1NC(=O)c1ccccc1SC. The first-order valence-corrected chi connectivity index (χ1v) is 7.45. The Balaban J connectivity index is 2.39. The molecule has 0 aliphatic heterocycles. The lowest BCUT2D eigenvalue weighted by Gasteiger charge is -2.13. The standard InChI is InChI=1S/C16H14N2O2S/c1-20-13-8-5-6-11(10-17)15(13)18-16(19)12-7-3-4-9-14(12)21-2/h3-9H,1-2H3,(H,18,19). The van der Waals surface area contributed by atoms with E-state index in [0.29, 0.717) is 22.6 Å². The van der Waals surface area contributed by atoms with Crippen LogP contribution in [0.1, 0.15) is 15.9 Å². The second-order valence-electron chi connectivity index (χ2n) is 4.15. The Morgan fingerprint density at radius 3 is 2.67 bits per heavy atom. The van der Waals surface area contributed by atoms with E-state index in [0.717, 1.165) is 4.90 Å². The number of nitriles is 1. The van der Waals surface area contributed by atoms with E-state index >= 15 is 0 Å². The zero-order valence-electron chi connectivity index (χ0n) is 11.7. The van der Waals surface area contributed by atoms with Crippen LogP contribution in [-0.2, 0) is 0 Å². The normalized spacial score (nSPS) is 9.76. The quantitative estimate of drug-likeness (QED) is 0.877. The van der Waals surface area contributed by atoms with Crippen molar-refractivity contribution in [3.05, 3.63) is 53.6 Å².